The number of nitrogens with zero attached hydrogens (tertiary/aromatic N) is 1. The Morgan fingerprint density at radius 1 is 0.892 bits per heavy atom. The maximum Gasteiger partial charge on any atom is 0.336 e. The molecule has 6 nitrogen and oxygen atoms in total. The van der Waals surface area contributed by atoms with Gasteiger partial charge in [0.1, 0.15) is 5.58 Å². The van der Waals surface area contributed by atoms with E-state index in [0.717, 1.165) is 24.1 Å². The molecule has 194 valence electrons. The Morgan fingerprint density at radius 2 is 1.57 bits per heavy atom. The van der Waals surface area contributed by atoms with Gasteiger partial charge in [-0.1, -0.05) is 48.5 Å². The number of sulfonamides is 1. The second-order valence-corrected chi connectivity index (χ2v) is 10.8. The molecule has 0 aliphatic carbocycles. The van der Waals surface area contributed by atoms with Crippen molar-refractivity contribution in [2.24, 2.45) is 0 Å². The number of alkyl halides is 2. The maximum atomic E-state index is 14.1. The average molecular weight is 528 g/mol. The summed E-state index contributed by atoms with van der Waals surface area (Å²) >= 11 is 0. The number of hydrogen-bond donors (Lipinski definition) is 1. The Morgan fingerprint density at radius 3 is 2.22 bits per heavy atom. The van der Waals surface area contributed by atoms with E-state index >= 15 is 0 Å². The lowest BCUT2D eigenvalue weighted by Crippen LogP contribution is -2.35. The molecule has 0 saturated carbocycles. The Kier molecular flexibility index (Phi) is 7.87. The smallest absolute Gasteiger partial charge is 0.336 e. The Bertz CT molecular complexity index is 1530. The van der Waals surface area contributed by atoms with Gasteiger partial charge in [-0.25, -0.2) is 22.0 Å². The lowest BCUT2D eigenvalue weighted by atomic mass is 9.99. The summed E-state index contributed by atoms with van der Waals surface area (Å²) in [7, 11) is -3.83. The molecule has 0 bridgehead atoms. The van der Waals surface area contributed by atoms with Crippen molar-refractivity contribution in [3.8, 4) is 0 Å². The zero-order valence-electron chi connectivity index (χ0n) is 20.2. The van der Waals surface area contributed by atoms with Crippen LogP contribution in [0.5, 0.6) is 0 Å². The molecule has 0 amide bonds. The molecule has 4 aromatic rings. The van der Waals surface area contributed by atoms with Crippen molar-refractivity contribution in [3.63, 3.8) is 0 Å². The van der Waals surface area contributed by atoms with Crippen molar-refractivity contribution >= 4 is 21.0 Å². The molecule has 1 N–H and O–H groups in total. The Balaban J connectivity index is 1.55. The summed E-state index contributed by atoms with van der Waals surface area (Å²) in [6.07, 6.45) is 0.873. The number of aliphatic hydroxyl groups excluding tert-OH is 1. The fourth-order valence-corrected chi connectivity index (χ4v) is 5.64. The fraction of sp³-hybridized carbons (Fsp3) is 0.250. The molecule has 0 saturated heterocycles. The monoisotopic (exact) mass is 527 g/mol. The van der Waals surface area contributed by atoms with Crippen molar-refractivity contribution in [1.82, 2.24) is 4.31 Å². The van der Waals surface area contributed by atoms with Gasteiger partial charge in [0, 0.05) is 37.0 Å². The number of hydrogen-bond acceptors (Lipinski definition) is 5. The summed E-state index contributed by atoms with van der Waals surface area (Å²) in [5.74, 6) is -3.22. The average Bonchev–Trinajstić information content (AvgIpc) is 2.86. The van der Waals surface area contributed by atoms with Gasteiger partial charge in [0.25, 0.3) is 5.92 Å². The molecule has 0 radical (unpaired) electrons. The molecule has 0 aliphatic heterocycles. The predicted octanol–water partition coefficient (Wildman–Crippen LogP) is 4.72. The Labute approximate surface area is 213 Å². The lowest BCUT2D eigenvalue weighted by Gasteiger charge is -2.21. The van der Waals surface area contributed by atoms with Crippen LogP contribution in [-0.4, -0.2) is 37.5 Å². The van der Waals surface area contributed by atoms with Gasteiger partial charge in [-0.15, -0.1) is 0 Å². The summed E-state index contributed by atoms with van der Waals surface area (Å²) < 4.78 is 61.0. The summed E-state index contributed by atoms with van der Waals surface area (Å²) in [6.45, 7) is 0.640. The normalized spacial score (nSPS) is 12.4. The topological polar surface area (TPSA) is 87.8 Å². The molecule has 0 spiro atoms. The zero-order chi connectivity index (χ0) is 26.6. The van der Waals surface area contributed by atoms with E-state index in [4.69, 9.17) is 4.42 Å². The Hall–Kier alpha value is -3.40. The highest BCUT2D eigenvalue weighted by Gasteiger charge is 2.28. The van der Waals surface area contributed by atoms with E-state index < -0.39 is 27.1 Å². The molecule has 0 aliphatic rings. The van der Waals surface area contributed by atoms with Gasteiger partial charge in [0.2, 0.25) is 10.0 Å². The SMILES string of the molecule is CC(F)(F)c1cc(=O)oc2ccc(Cc3ccc(S(=O)(=O)N(CCO)CCc4ccccc4)cc3)cc12. The van der Waals surface area contributed by atoms with Crippen LogP contribution in [0.3, 0.4) is 0 Å². The first-order valence-corrected chi connectivity index (χ1v) is 13.2. The number of rotatable bonds is 10. The number of halogens is 2. The third-order valence-corrected chi connectivity index (χ3v) is 8.00. The molecule has 1 heterocycles. The van der Waals surface area contributed by atoms with Crippen LogP contribution in [0.2, 0.25) is 0 Å². The zero-order valence-corrected chi connectivity index (χ0v) is 21.0. The van der Waals surface area contributed by atoms with E-state index in [1.54, 1.807) is 24.3 Å². The fourth-order valence-electron chi connectivity index (χ4n) is 4.21. The van der Waals surface area contributed by atoms with E-state index in [2.05, 4.69) is 0 Å². The lowest BCUT2D eigenvalue weighted by molar-refractivity contribution is 0.0186. The predicted molar refractivity (Wildman–Crippen MR) is 137 cm³/mol. The first kappa shape index (κ1) is 26.7. The van der Waals surface area contributed by atoms with E-state index in [0.29, 0.717) is 18.4 Å². The molecule has 0 unspecified atom stereocenters. The molecule has 1 aromatic heterocycles. The van der Waals surface area contributed by atoms with Crippen LogP contribution in [0.4, 0.5) is 8.78 Å². The van der Waals surface area contributed by atoms with Crippen molar-refractivity contribution in [2.75, 3.05) is 19.7 Å². The van der Waals surface area contributed by atoms with Crippen molar-refractivity contribution in [3.05, 3.63) is 112 Å². The van der Waals surface area contributed by atoms with Crippen molar-refractivity contribution < 1.29 is 26.7 Å². The summed E-state index contributed by atoms with van der Waals surface area (Å²) in [5.41, 5.74) is 1.31. The minimum atomic E-state index is -3.83. The summed E-state index contributed by atoms with van der Waals surface area (Å²) in [6, 6.07) is 21.4. The van der Waals surface area contributed by atoms with Crippen molar-refractivity contribution in [1.29, 1.82) is 0 Å². The van der Waals surface area contributed by atoms with E-state index in [1.165, 1.54) is 22.5 Å². The third-order valence-electron chi connectivity index (χ3n) is 6.09. The third kappa shape index (κ3) is 6.30. The minimum Gasteiger partial charge on any atom is -0.423 e. The first-order valence-electron chi connectivity index (χ1n) is 11.8. The van der Waals surface area contributed by atoms with Crippen LogP contribution in [0.1, 0.15) is 29.2 Å². The van der Waals surface area contributed by atoms with Gasteiger partial charge in [-0.05, 0) is 53.8 Å². The number of aliphatic hydroxyl groups is 1. The highest BCUT2D eigenvalue weighted by atomic mass is 32.2. The molecule has 3 aromatic carbocycles. The molecule has 0 fully saturated rings. The van der Waals surface area contributed by atoms with Gasteiger partial charge < -0.3 is 9.52 Å². The second kappa shape index (κ2) is 10.9. The largest absolute Gasteiger partial charge is 0.423 e. The molecular formula is C28H27F2NO5S. The van der Waals surface area contributed by atoms with E-state index in [1.807, 2.05) is 30.3 Å². The van der Waals surface area contributed by atoms with Crippen molar-refractivity contribution in [2.45, 2.75) is 30.6 Å². The standard InChI is InChI=1S/C28H27F2NO5S/c1-28(29,30)25-19-27(33)36-26-12-9-22(18-24(25)26)17-21-7-10-23(11-8-21)37(34,35)31(15-16-32)14-13-20-5-3-2-4-6-20/h2-12,18-19,32H,13-17H2,1H3. The van der Waals surface area contributed by atoms with E-state index in [9.17, 15) is 27.1 Å². The highest BCUT2D eigenvalue weighted by molar-refractivity contribution is 7.89. The van der Waals surface area contributed by atoms with Crippen LogP contribution in [0.15, 0.2) is 93.0 Å². The second-order valence-electron chi connectivity index (χ2n) is 8.88. The summed E-state index contributed by atoms with van der Waals surface area (Å²) in [4.78, 5) is 11.8. The van der Waals surface area contributed by atoms with Crippen LogP contribution >= 0.6 is 0 Å². The minimum absolute atomic E-state index is 0.0193. The molecule has 37 heavy (non-hydrogen) atoms. The molecule has 0 atom stereocenters. The highest BCUT2D eigenvalue weighted by Crippen LogP contribution is 2.32. The first-order chi connectivity index (χ1) is 17.6. The quantitative estimate of drug-likeness (QED) is 0.302. The molecular weight excluding hydrogens is 500 g/mol. The maximum absolute atomic E-state index is 14.1. The summed E-state index contributed by atoms with van der Waals surface area (Å²) in [5, 5.41) is 9.59. The van der Waals surface area contributed by atoms with Gasteiger partial charge in [-0.3, -0.25) is 0 Å². The number of benzene rings is 3. The van der Waals surface area contributed by atoms with Gasteiger partial charge >= 0.3 is 5.63 Å². The molecule has 9 heteroatoms. The van der Waals surface area contributed by atoms with Crippen LogP contribution in [-0.2, 0) is 28.8 Å². The molecule has 4 rings (SSSR count). The number of fused-ring (bicyclic) bond motifs is 1. The van der Waals surface area contributed by atoms with Gasteiger partial charge in [-0.2, -0.15) is 4.31 Å². The van der Waals surface area contributed by atoms with E-state index in [-0.39, 0.29) is 35.6 Å². The van der Waals surface area contributed by atoms with Crippen LogP contribution < -0.4 is 5.63 Å². The van der Waals surface area contributed by atoms with Gasteiger partial charge in [0.15, 0.2) is 0 Å². The van der Waals surface area contributed by atoms with Gasteiger partial charge in [0.05, 0.1) is 11.5 Å². The van der Waals surface area contributed by atoms with Crippen LogP contribution in [0.25, 0.3) is 11.0 Å². The van der Waals surface area contributed by atoms with Crippen LogP contribution in [0, 0.1) is 0 Å².